The molecular formula is C21H44IN5O2. The highest BCUT2D eigenvalue weighted by molar-refractivity contribution is 14.0. The number of rotatable bonds is 8. The van der Waals surface area contributed by atoms with E-state index in [9.17, 15) is 4.79 Å². The Morgan fingerprint density at radius 1 is 1.21 bits per heavy atom. The molecule has 1 aliphatic heterocycles. The third-order valence-corrected chi connectivity index (χ3v) is 4.79. The Kier molecular flexibility index (Phi) is 13.9. The summed E-state index contributed by atoms with van der Waals surface area (Å²) in [7, 11) is 4.19. The van der Waals surface area contributed by atoms with Crippen LogP contribution in [0.2, 0.25) is 0 Å². The van der Waals surface area contributed by atoms with Crippen LogP contribution < -0.4 is 5.32 Å². The van der Waals surface area contributed by atoms with Crippen LogP contribution in [0, 0.1) is 5.92 Å². The zero-order valence-electron chi connectivity index (χ0n) is 19.7. The van der Waals surface area contributed by atoms with Gasteiger partial charge in [-0.05, 0) is 80.4 Å². The standard InChI is InChI=1S/C21H43N5O2.HI/c1-8-22-19(23-13-10-14-24(6)7)26-15-11-18(12-16-26)17-25(9-2)20(27)28-21(3,4)5;/h18H,8-17H2,1-7H3,(H,22,23);1H. The number of nitrogens with one attached hydrogen (secondary N) is 1. The third-order valence-electron chi connectivity index (χ3n) is 4.79. The van der Waals surface area contributed by atoms with Gasteiger partial charge >= 0.3 is 6.09 Å². The Labute approximate surface area is 195 Å². The molecule has 0 atom stereocenters. The normalized spacial score (nSPS) is 15.9. The molecule has 7 nitrogen and oxygen atoms in total. The number of likely N-dealkylation sites (tertiary alicyclic amines) is 1. The van der Waals surface area contributed by atoms with Crippen LogP contribution in [0.3, 0.4) is 0 Å². The van der Waals surface area contributed by atoms with Crippen molar-refractivity contribution in [3.8, 4) is 0 Å². The predicted molar refractivity (Wildman–Crippen MR) is 132 cm³/mol. The van der Waals surface area contributed by atoms with Gasteiger partial charge in [0, 0.05) is 39.3 Å². The van der Waals surface area contributed by atoms with Crippen LogP contribution in [-0.4, -0.2) is 92.3 Å². The largest absolute Gasteiger partial charge is 0.444 e. The average molecular weight is 526 g/mol. The van der Waals surface area contributed by atoms with Crippen molar-refractivity contribution in [3.63, 3.8) is 0 Å². The molecule has 1 aliphatic rings. The van der Waals surface area contributed by atoms with E-state index in [1.807, 2.05) is 32.6 Å². The molecule has 8 heteroatoms. The minimum atomic E-state index is -0.447. The van der Waals surface area contributed by atoms with Crippen molar-refractivity contribution in [1.29, 1.82) is 0 Å². The Bertz CT molecular complexity index is 486. The van der Waals surface area contributed by atoms with Gasteiger partial charge in [0.2, 0.25) is 0 Å². The molecule has 1 heterocycles. The van der Waals surface area contributed by atoms with Crippen LogP contribution in [0.15, 0.2) is 4.99 Å². The SMILES string of the molecule is CCNC(=NCCCN(C)C)N1CCC(CN(CC)C(=O)OC(C)(C)C)CC1.I. The van der Waals surface area contributed by atoms with Crippen LogP contribution >= 0.6 is 24.0 Å². The molecule has 1 rings (SSSR count). The Hall–Kier alpha value is -0.770. The molecule has 172 valence electrons. The van der Waals surface area contributed by atoms with Gasteiger partial charge in [-0.2, -0.15) is 0 Å². The summed E-state index contributed by atoms with van der Waals surface area (Å²) in [6.07, 6.45) is 3.01. The number of hydrogen-bond acceptors (Lipinski definition) is 4. The van der Waals surface area contributed by atoms with E-state index in [2.05, 4.69) is 36.1 Å². The van der Waals surface area contributed by atoms with Gasteiger partial charge in [-0.25, -0.2) is 4.79 Å². The molecule has 0 radical (unpaired) electrons. The topological polar surface area (TPSA) is 60.4 Å². The van der Waals surface area contributed by atoms with Crippen molar-refractivity contribution >= 4 is 36.0 Å². The van der Waals surface area contributed by atoms with Gasteiger partial charge in [-0.3, -0.25) is 4.99 Å². The molecule has 0 bridgehead atoms. The fraction of sp³-hybridized carbons (Fsp3) is 0.905. The lowest BCUT2D eigenvalue weighted by atomic mass is 9.96. The highest BCUT2D eigenvalue weighted by Crippen LogP contribution is 2.20. The van der Waals surface area contributed by atoms with E-state index >= 15 is 0 Å². The van der Waals surface area contributed by atoms with Gasteiger partial charge < -0.3 is 24.8 Å². The molecule has 29 heavy (non-hydrogen) atoms. The molecule has 1 N–H and O–H groups in total. The summed E-state index contributed by atoms with van der Waals surface area (Å²) in [6, 6.07) is 0. The van der Waals surface area contributed by atoms with E-state index in [4.69, 9.17) is 9.73 Å². The fourth-order valence-corrected chi connectivity index (χ4v) is 3.30. The maximum Gasteiger partial charge on any atom is 0.410 e. The highest BCUT2D eigenvalue weighted by Gasteiger charge is 2.27. The maximum atomic E-state index is 12.4. The first kappa shape index (κ1) is 28.2. The van der Waals surface area contributed by atoms with E-state index in [1.54, 1.807) is 0 Å². The molecule has 0 unspecified atom stereocenters. The molecular weight excluding hydrogens is 481 g/mol. The summed E-state index contributed by atoms with van der Waals surface area (Å²) in [5.41, 5.74) is -0.447. The van der Waals surface area contributed by atoms with Crippen molar-refractivity contribution in [2.45, 2.75) is 59.5 Å². The molecule has 1 amide bonds. The molecule has 0 saturated carbocycles. The number of carbonyl (C=O) groups is 1. The minimum Gasteiger partial charge on any atom is -0.444 e. The number of nitrogens with zero attached hydrogens (tertiary/aromatic N) is 4. The minimum absolute atomic E-state index is 0. The predicted octanol–water partition coefficient (Wildman–Crippen LogP) is 3.49. The van der Waals surface area contributed by atoms with Crippen LogP contribution in [0.5, 0.6) is 0 Å². The van der Waals surface area contributed by atoms with Crippen LogP contribution in [-0.2, 0) is 4.74 Å². The number of carbonyl (C=O) groups excluding carboxylic acids is 1. The second kappa shape index (κ2) is 14.3. The Morgan fingerprint density at radius 2 is 1.83 bits per heavy atom. The molecule has 1 saturated heterocycles. The molecule has 0 spiro atoms. The van der Waals surface area contributed by atoms with E-state index in [-0.39, 0.29) is 30.1 Å². The number of aliphatic imine (C=N–C) groups is 1. The second-order valence-corrected chi connectivity index (χ2v) is 8.84. The molecule has 0 aromatic heterocycles. The quantitative estimate of drug-likeness (QED) is 0.228. The number of guanidine groups is 1. The second-order valence-electron chi connectivity index (χ2n) is 8.84. The summed E-state index contributed by atoms with van der Waals surface area (Å²) < 4.78 is 5.54. The van der Waals surface area contributed by atoms with E-state index in [1.165, 1.54) is 0 Å². The first-order valence-electron chi connectivity index (χ1n) is 10.8. The zero-order valence-corrected chi connectivity index (χ0v) is 22.0. The Balaban J connectivity index is 0.00000784. The summed E-state index contributed by atoms with van der Waals surface area (Å²) in [5, 5.41) is 3.43. The van der Waals surface area contributed by atoms with Crippen molar-refractivity contribution in [2.75, 3.05) is 59.9 Å². The van der Waals surface area contributed by atoms with Gasteiger partial charge in [0.15, 0.2) is 5.96 Å². The fourth-order valence-electron chi connectivity index (χ4n) is 3.30. The van der Waals surface area contributed by atoms with Crippen molar-refractivity contribution in [1.82, 2.24) is 20.0 Å². The number of piperidine rings is 1. The Morgan fingerprint density at radius 3 is 2.31 bits per heavy atom. The van der Waals surface area contributed by atoms with Crippen molar-refractivity contribution in [2.24, 2.45) is 10.9 Å². The number of hydrogen-bond donors (Lipinski definition) is 1. The summed E-state index contributed by atoms with van der Waals surface area (Å²) in [6.45, 7) is 16.1. The van der Waals surface area contributed by atoms with Gasteiger partial charge in [-0.1, -0.05) is 0 Å². The van der Waals surface area contributed by atoms with Gasteiger partial charge in [0.25, 0.3) is 0 Å². The van der Waals surface area contributed by atoms with Crippen molar-refractivity contribution < 1.29 is 9.53 Å². The lowest BCUT2D eigenvalue weighted by molar-refractivity contribution is 0.0214. The number of halogens is 1. The summed E-state index contributed by atoms with van der Waals surface area (Å²) in [4.78, 5) is 23.6. The van der Waals surface area contributed by atoms with E-state index < -0.39 is 5.60 Å². The first-order valence-corrected chi connectivity index (χ1v) is 10.8. The van der Waals surface area contributed by atoms with Crippen LogP contribution in [0.1, 0.15) is 53.9 Å². The van der Waals surface area contributed by atoms with Gasteiger partial charge in [0.05, 0.1) is 0 Å². The smallest absolute Gasteiger partial charge is 0.410 e. The maximum absolute atomic E-state index is 12.4. The number of ether oxygens (including phenoxy) is 1. The van der Waals surface area contributed by atoms with Crippen molar-refractivity contribution in [3.05, 3.63) is 0 Å². The third kappa shape index (κ3) is 11.9. The lowest BCUT2D eigenvalue weighted by Gasteiger charge is -2.36. The summed E-state index contributed by atoms with van der Waals surface area (Å²) >= 11 is 0. The van der Waals surface area contributed by atoms with Crippen LogP contribution in [0.4, 0.5) is 4.79 Å². The molecule has 1 fully saturated rings. The van der Waals surface area contributed by atoms with Gasteiger partial charge in [-0.15, -0.1) is 24.0 Å². The van der Waals surface area contributed by atoms with Crippen LogP contribution in [0.25, 0.3) is 0 Å². The van der Waals surface area contributed by atoms with E-state index in [0.29, 0.717) is 12.5 Å². The van der Waals surface area contributed by atoms with Gasteiger partial charge in [0.1, 0.15) is 5.60 Å². The highest BCUT2D eigenvalue weighted by atomic mass is 127. The molecule has 0 aromatic carbocycles. The summed E-state index contributed by atoms with van der Waals surface area (Å²) in [5.74, 6) is 1.54. The van der Waals surface area contributed by atoms with E-state index in [0.717, 1.165) is 64.5 Å². The first-order chi connectivity index (χ1) is 13.2. The monoisotopic (exact) mass is 525 g/mol. The molecule has 0 aliphatic carbocycles. The average Bonchev–Trinajstić information content (AvgIpc) is 2.61. The molecule has 0 aromatic rings. The zero-order chi connectivity index (χ0) is 21.2. The number of amides is 1. The lowest BCUT2D eigenvalue weighted by Crippen LogP contribution is -2.48.